The van der Waals surface area contributed by atoms with Crippen LogP contribution in [0.5, 0.6) is 0 Å². The summed E-state index contributed by atoms with van der Waals surface area (Å²) in [4.78, 5) is 18.2. The number of sulfone groups is 1. The van der Waals surface area contributed by atoms with Crippen molar-refractivity contribution < 1.29 is 17.9 Å². The molecule has 2 aliphatic rings. The fourth-order valence-electron chi connectivity index (χ4n) is 4.29. The molecule has 1 saturated carbocycles. The van der Waals surface area contributed by atoms with Crippen LogP contribution in [0.25, 0.3) is 10.9 Å². The topological polar surface area (TPSA) is 127 Å². The molecular formula is C22H23N5O4S2. The van der Waals surface area contributed by atoms with Gasteiger partial charge in [-0.15, -0.1) is 0 Å². The molecule has 9 nitrogen and oxygen atoms in total. The zero-order chi connectivity index (χ0) is 23.0. The quantitative estimate of drug-likeness (QED) is 0.544. The lowest BCUT2D eigenvalue weighted by molar-refractivity contribution is -0.120. The number of nitrogens with one attached hydrogen (secondary N) is 1. The van der Waals surface area contributed by atoms with Gasteiger partial charge >= 0.3 is 0 Å². The van der Waals surface area contributed by atoms with Gasteiger partial charge in [0.2, 0.25) is 0 Å². The highest BCUT2D eigenvalue weighted by Crippen LogP contribution is 2.37. The Kier molecular flexibility index (Phi) is 5.90. The fourth-order valence-corrected chi connectivity index (χ4v) is 6.75. The molecule has 3 heterocycles. The Balaban J connectivity index is 1.51. The standard InChI is InChI=1S/C22H23N5O4S2/c23-11-15-12-24-22(32-15)26-21(28)19(10-14-6-8-31-9-7-14)27-18-2-1-3-20(17(18)13-25-27)33(29,30)16-4-5-16/h1-3,12-14,16,19H,4-10H2,(H,24,26,28)/t19-/m1/s1. The molecule has 1 N–H and O–H groups in total. The van der Waals surface area contributed by atoms with Crippen molar-refractivity contribution >= 4 is 43.1 Å². The number of rotatable bonds is 7. The predicted octanol–water partition coefficient (Wildman–Crippen LogP) is 3.30. The SMILES string of the molecule is N#Cc1cnc(NC(=O)[C@@H](CC2CCOCC2)n2ncc3c(S(=O)(=O)C4CC4)cccc32)s1. The van der Waals surface area contributed by atoms with E-state index < -0.39 is 15.9 Å². The average molecular weight is 486 g/mol. The van der Waals surface area contributed by atoms with Gasteiger partial charge in [-0.3, -0.25) is 9.48 Å². The number of amides is 1. The summed E-state index contributed by atoms with van der Waals surface area (Å²) in [5, 5.41) is 16.9. The number of carbonyl (C=O) groups excluding carboxylic acids is 1. The third-order valence-electron chi connectivity index (χ3n) is 6.21. The summed E-state index contributed by atoms with van der Waals surface area (Å²) in [7, 11) is -3.41. The molecule has 11 heteroatoms. The third-order valence-corrected chi connectivity index (χ3v) is 9.35. The van der Waals surface area contributed by atoms with E-state index in [4.69, 9.17) is 10.00 Å². The van der Waals surface area contributed by atoms with Crippen molar-refractivity contribution in [2.75, 3.05) is 18.5 Å². The van der Waals surface area contributed by atoms with Crippen molar-refractivity contribution in [3.05, 3.63) is 35.5 Å². The number of carbonyl (C=O) groups is 1. The predicted molar refractivity (Wildman–Crippen MR) is 123 cm³/mol. The molecular weight excluding hydrogens is 462 g/mol. The second-order valence-corrected chi connectivity index (χ2v) is 11.7. The molecule has 2 aromatic heterocycles. The second kappa shape index (κ2) is 8.85. The number of ether oxygens (including phenoxy) is 1. The first-order chi connectivity index (χ1) is 16.0. The van der Waals surface area contributed by atoms with Crippen LogP contribution in [-0.4, -0.2) is 47.6 Å². The summed E-state index contributed by atoms with van der Waals surface area (Å²) in [5.41, 5.74) is 0.612. The van der Waals surface area contributed by atoms with Gasteiger partial charge in [0.1, 0.15) is 17.0 Å². The van der Waals surface area contributed by atoms with Crippen LogP contribution in [0.1, 0.15) is 43.0 Å². The van der Waals surface area contributed by atoms with E-state index in [0.717, 1.165) is 24.2 Å². The molecule has 3 aromatic rings. The first-order valence-electron chi connectivity index (χ1n) is 10.9. The van der Waals surface area contributed by atoms with Crippen LogP contribution in [0.3, 0.4) is 0 Å². The first-order valence-corrected chi connectivity index (χ1v) is 13.3. The van der Waals surface area contributed by atoms with Gasteiger partial charge in [0.05, 0.1) is 28.1 Å². The largest absolute Gasteiger partial charge is 0.381 e. The Bertz CT molecular complexity index is 1330. The van der Waals surface area contributed by atoms with E-state index in [2.05, 4.69) is 15.4 Å². The number of nitrogens with zero attached hydrogens (tertiary/aromatic N) is 4. The maximum atomic E-state index is 13.4. The van der Waals surface area contributed by atoms with Gasteiger partial charge in [0.25, 0.3) is 5.91 Å². The number of hydrogen-bond donors (Lipinski definition) is 1. The van der Waals surface area contributed by atoms with E-state index in [0.29, 0.717) is 53.4 Å². The van der Waals surface area contributed by atoms with Crippen molar-refractivity contribution in [1.82, 2.24) is 14.8 Å². The van der Waals surface area contributed by atoms with Crippen LogP contribution in [-0.2, 0) is 19.4 Å². The van der Waals surface area contributed by atoms with Crippen molar-refractivity contribution in [2.24, 2.45) is 5.92 Å². The number of fused-ring (bicyclic) bond motifs is 1. The minimum atomic E-state index is -3.41. The highest BCUT2D eigenvalue weighted by molar-refractivity contribution is 7.92. The molecule has 0 radical (unpaired) electrons. The van der Waals surface area contributed by atoms with Crippen LogP contribution in [0.4, 0.5) is 5.13 Å². The zero-order valence-electron chi connectivity index (χ0n) is 17.8. The summed E-state index contributed by atoms with van der Waals surface area (Å²) in [5.74, 6) is -0.0149. The van der Waals surface area contributed by atoms with E-state index in [1.165, 1.54) is 6.20 Å². The van der Waals surface area contributed by atoms with Gasteiger partial charge in [-0.05, 0) is 50.2 Å². The summed E-state index contributed by atoms with van der Waals surface area (Å²) in [6, 6.07) is 6.49. The summed E-state index contributed by atoms with van der Waals surface area (Å²) < 4.78 is 33.0. The number of benzene rings is 1. The van der Waals surface area contributed by atoms with E-state index in [9.17, 15) is 13.2 Å². The minimum absolute atomic E-state index is 0.276. The number of thiazole rings is 1. The van der Waals surface area contributed by atoms with Gasteiger partial charge in [-0.1, -0.05) is 17.4 Å². The molecule has 33 heavy (non-hydrogen) atoms. The molecule has 0 spiro atoms. The fraction of sp³-hybridized carbons (Fsp3) is 0.455. The smallest absolute Gasteiger partial charge is 0.251 e. The number of aromatic nitrogens is 3. The van der Waals surface area contributed by atoms with Crippen molar-refractivity contribution in [3.8, 4) is 6.07 Å². The maximum absolute atomic E-state index is 13.4. The molecule has 1 amide bonds. The summed E-state index contributed by atoms with van der Waals surface area (Å²) >= 11 is 1.11. The Labute approximate surface area is 195 Å². The van der Waals surface area contributed by atoms with Crippen molar-refractivity contribution in [2.45, 2.75) is 48.3 Å². The molecule has 2 fully saturated rings. The highest BCUT2D eigenvalue weighted by atomic mass is 32.2. The lowest BCUT2D eigenvalue weighted by Gasteiger charge is -2.26. The van der Waals surface area contributed by atoms with Gasteiger partial charge in [0, 0.05) is 18.6 Å². The molecule has 1 saturated heterocycles. The first kappa shape index (κ1) is 22.0. The van der Waals surface area contributed by atoms with E-state index in [1.807, 2.05) is 6.07 Å². The van der Waals surface area contributed by atoms with E-state index >= 15 is 0 Å². The molecule has 0 unspecified atom stereocenters. The number of anilines is 1. The molecule has 0 bridgehead atoms. The van der Waals surface area contributed by atoms with Crippen LogP contribution < -0.4 is 5.32 Å². The van der Waals surface area contributed by atoms with Crippen LogP contribution in [0.15, 0.2) is 35.5 Å². The Morgan fingerprint density at radius 1 is 1.27 bits per heavy atom. The van der Waals surface area contributed by atoms with Gasteiger partial charge in [0.15, 0.2) is 15.0 Å². The lowest BCUT2D eigenvalue weighted by Crippen LogP contribution is -2.30. The van der Waals surface area contributed by atoms with E-state index in [-0.39, 0.29) is 22.0 Å². The highest BCUT2D eigenvalue weighted by Gasteiger charge is 2.38. The van der Waals surface area contributed by atoms with Crippen molar-refractivity contribution in [1.29, 1.82) is 5.26 Å². The Morgan fingerprint density at radius 2 is 2.06 bits per heavy atom. The van der Waals surface area contributed by atoms with Gasteiger partial charge in [-0.2, -0.15) is 10.4 Å². The summed E-state index contributed by atoms with van der Waals surface area (Å²) in [6.45, 7) is 1.31. The van der Waals surface area contributed by atoms with E-state index in [1.54, 1.807) is 29.1 Å². The Hall–Kier alpha value is -2.81. The summed E-state index contributed by atoms with van der Waals surface area (Å²) in [6.07, 6.45) is 6.57. The maximum Gasteiger partial charge on any atom is 0.251 e. The third kappa shape index (κ3) is 4.38. The monoisotopic (exact) mass is 485 g/mol. The second-order valence-electron chi connectivity index (χ2n) is 8.46. The van der Waals surface area contributed by atoms with Crippen LogP contribution in [0.2, 0.25) is 0 Å². The molecule has 1 atom stereocenters. The molecule has 5 rings (SSSR count). The number of nitriles is 1. The lowest BCUT2D eigenvalue weighted by atomic mass is 9.92. The Morgan fingerprint density at radius 3 is 2.76 bits per heavy atom. The van der Waals surface area contributed by atoms with Crippen LogP contribution in [0, 0.1) is 17.2 Å². The molecule has 1 aliphatic heterocycles. The average Bonchev–Trinajstić information content (AvgIpc) is 3.46. The number of hydrogen-bond acceptors (Lipinski definition) is 8. The molecule has 1 aromatic carbocycles. The van der Waals surface area contributed by atoms with Crippen molar-refractivity contribution in [3.63, 3.8) is 0 Å². The zero-order valence-corrected chi connectivity index (χ0v) is 19.4. The van der Waals surface area contributed by atoms with Gasteiger partial charge < -0.3 is 10.1 Å². The van der Waals surface area contributed by atoms with Gasteiger partial charge in [-0.25, -0.2) is 13.4 Å². The minimum Gasteiger partial charge on any atom is -0.381 e. The molecule has 1 aliphatic carbocycles. The normalized spacial score (nSPS) is 18.2. The van der Waals surface area contributed by atoms with Crippen LogP contribution >= 0.6 is 11.3 Å². The molecule has 172 valence electrons.